The summed E-state index contributed by atoms with van der Waals surface area (Å²) in [6, 6.07) is 6.82. The Balaban J connectivity index is 1.54. The minimum absolute atomic E-state index is 0.00334. The lowest BCUT2D eigenvalue weighted by Crippen LogP contribution is -2.45. The van der Waals surface area contributed by atoms with Gasteiger partial charge in [0.2, 0.25) is 5.91 Å². The lowest BCUT2D eigenvalue weighted by atomic mass is 9.84. The van der Waals surface area contributed by atoms with Gasteiger partial charge in [-0.2, -0.15) is 0 Å². The number of carbonyl (C=O) groups is 1. The van der Waals surface area contributed by atoms with Crippen LogP contribution in [0.4, 0.5) is 8.78 Å². The molecule has 0 saturated heterocycles. The van der Waals surface area contributed by atoms with Crippen molar-refractivity contribution in [1.82, 2.24) is 5.32 Å². The highest BCUT2D eigenvalue weighted by Crippen LogP contribution is 2.47. The predicted molar refractivity (Wildman–Crippen MR) is 82.1 cm³/mol. The van der Waals surface area contributed by atoms with E-state index >= 15 is 0 Å². The lowest BCUT2D eigenvalue weighted by molar-refractivity contribution is -0.127. The van der Waals surface area contributed by atoms with Crippen LogP contribution in [0, 0.1) is 17.8 Å². The Morgan fingerprint density at radius 2 is 2.13 bits per heavy atom. The molecule has 4 atom stereocenters. The third-order valence-corrected chi connectivity index (χ3v) is 5.02. The Kier molecular flexibility index (Phi) is 4.80. The van der Waals surface area contributed by atoms with Crippen molar-refractivity contribution in [2.45, 2.75) is 38.3 Å². The Labute approximate surface area is 134 Å². The zero-order valence-corrected chi connectivity index (χ0v) is 12.9. The number of alkyl halides is 2. The molecule has 4 unspecified atom stereocenters. The number of nitrogens with two attached hydrogens (primary N) is 1. The molecule has 0 aromatic heterocycles. The number of nitrogens with one attached hydrogen (secondary N) is 1. The molecule has 3 rings (SSSR count). The molecule has 2 aliphatic rings. The SMILES string of the molecule is NC1C2CCC(C2)C1C(=O)NCc1cccc(OCC(F)F)c1. The van der Waals surface area contributed by atoms with Gasteiger partial charge in [0.15, 0.2) is 0 Å². The molecule has 0 heterocycles. The number of rotatable bonds is 6. The molecule has 0 radical (unpaired) electrons. The van der Waals surface area contributed by atoms with E-state index in [0.717, 1.165) is 24.8 Å². The summed E-state index contributed by atoms with van der Waals surface area (Å²) >= 11 is 0. The average molecular weight is 324 g/mol. The molecular weight excluding hydrogens is 302 g/mol. The lowest BCUT2D eigenvalue weighted by Gasteiger charge is -2.27. The molecule has 6 heteroatoms. The Morgan fingerprint density at radius 1 is 1.35 bits per heavy atom. The fourth-order valence-electron chi connectivity index (χ4n) is 3.94. The quantitative estimate of drug-likeness (QED) is 0.844. The first kappa shape index (κ1) is 16.2. The van der Waals surface area contributed by atoms with E-state index in [4.69, 9.17) is 10.5 Å². The van der Waals surface area contributed by atoms with Crippen LogP contribution in [0.15, 0.2) is 24.3 Å². The highest BCUT2D eigenvalue weighted by atomic mass is 19.3. The van der Waals surface area contributed by atoms with Crippen LogP contribution < -0.4 is 15.8 Å². The minimum atomic E-state index is -2.50. The van der Waals surface area contributed by atoms with Crippen LogP contribution in [0.1, 0.15) is 24.8 Å². The average Bonchev–Trinajstić information content (AvgIpc) is 3.12. The molecule has 2 bridgehead atoms. The monoisotopic (exact) mass is 324 g/mol. The summed E-state index contributed by atoms with van der Waals surface area (Å²) in [7, 11) is 0. The van der Waals surface area contributed by atoms with Crippen molar-refractivity contribution in [2.75, 3.05) is 6.61 Å². The molecule has 1 aromatic carbocycles. The first-order valence-electron chi connectivity index (χ1n) is 8.08. The van der Waals surface area contributed by atoms with Crippen LogP contribution in [-0.2, 0) is 11.3 Å². The summed E-state index contributed by atoms with van der Waals surface area (Å²) in [6.45, 7) is -0.277. The van der Waals surface area contributed by atoms with Gasteiger partial charge in [-0.05, 0) is 48.8 Å². The van der Waals surface area contributed by atoms with Crippen molar-refractivity contribution in [3.8, 4) is 5.75 Å². The smallest absolute Gasteiger partial charge is 0.272 e. The number of hydrogen-bond donors (Lipinski definition) is 2. The summed E-state index contributed by atoms with van der Waals surface area (Å²) in [4.78, 5) is 12.4. The maximum atomic E-state index is 12.4. The number of benzene rings is 1. The van der Waals surface area contributed by atoms with Crippen molar-refractivity contribution in [1.29, 1.82) is 0 Å². The van der Waals surface area contributed by atoms with E-state index in [-0.39, 0.29) is 17.9 Å². The van der Waals surface area contributed by atoms with Gasteiger partial charge in [-0.1, -0.05) is 12.1 Å². The molecule has 1 aromatic rings. The van der Waals surface area contributed by atoms with Gasteiger partial charge in [0.25, 0.3) is 6.43 Å². The molecule has 4 nitrogen and oxygen atoms in total. The standard InChI is InChI=1S/C17H22F2N2O2/c18-14(19)9-23-13-3-1-2-10(6-13)8-21-17(22)15-11-4-5-12(7-11)16(15)20/h1-3,6,11-12,14-16H,4-5,7-9,20H2,(H,21,22). The number of fused-ring (bicyclic) bond motifs is 2. The van der Waals surface area contributed by atoms with Gasteiger partial charge in [-0.25, -0.2) is 8.78 Å². The Morgan fingerprint density at radius 3 is 2.83 bits per heavy atom. The number of halogens is 2. The van der Waals surface area contributed by atoms with E-state index in [1.807, 2.05) is 6.07 Å². The zero-order chi connectivity index (χ0) is 16.4. The largest absolute Gasteiger partial charge is 0.488 e. The van der Waals surface area contributed by atoms with Crippen molar-refractivity contribution in [2.24, 2.45) is 23.5 Å². The maximum Gasteiger partial charge on any atom is 0.272 e. The molecule has 2 saturated carbocycles. The zero-order valence-electron chi connectivity index (χ0n) is 12.9. The number of ether oxygens (including phenoxy) is 1. The van der Waals surface area contributed by atoms with Gasteiger partial charge in [0.05, 0.1) is 5.92 Å². The second-order valence-corrected chi connectivity index (χ2v) is 6.50. The highest BCUT2D eigenvalue weighted by Gasteiger charge is 2.48. The third kappa shape index (κ3) is 3.63. The van der Waals surface area contributed by atoms with E-state index in [0.29, 0.717) is 24.1 Å². The molecule has 0 spiro atoms. The van der Waals surface area contributed by atoms with E-state index < -0.39 is 13.0 Å². The normalized spacial score (nSPS) is 29.0. The first-order chi connectivity index (χ1) is 11.0. The Hall–Kier alpha value is -1.69. The number of carbonyl (C=O) groups excluding carboxylic acids is 1. The van der Waals surface area contributed by atoms with Crippen LogP contribution in [0.2, 0.25) is 0 Å². The Bertz CT molecular complexity index is 565. The van der Waals surface area contributed by atoms with Gasteiger partial charge in [0.1, 0.15) is 12.4 Å². The predicted octanol–water partition coefficient (Wildman–Crippen LogP) is 2.32. The molecule has 2 aliphatic carbocycles. The third-order valence-electron chi connectivity index (χ3n) is 5.02. The van der Waals surface area contributed by atoms with Crippen molar-refractivity contribution >= 4 is 5.91 Å². The van der Waals surface area contributed by atoms with Gasteiger partial charge in [-0.3, -0.25) is 4.79 Å². The molecule has 1 amide bonds. The summed E-state index contributed by atoms with van der Waals surface area (Å²) in [5, 5.41) is 2.93. The van der Waals surface area contributed by atoms with Crippen LogP contribution >= 0.6 is 0 Å². The molecule has 126 valence electrons. The molecule has 23 heavy (non-hydrogen) atoms. The van der Waals surface area contributed by atoms with E-state index in [9.17, 15) is 13.6 Å². The van der Waals surface area contributed by atoms with E-state index in [1.54, 1.807) is 18.2 Å². The van der Waals surface area contributed by atoms with Crippen molar-refractivity contribution in [3.05, 3.63) is 29.8 Å². The van der Waals surface area contributed by atoms with Crippen LogP contribution in [0.5, 0.6) is 5.75 Å². The summed E-state index contributed by atoms with van der Waals surface area (Å²) in [5.74, 6) is 1.20. The topological polar surface area (TPSA) is 64.4 Å². The first-order valence-corrected chi connectivity index (χ1v) is 8.08. The molecule has 2 fully saturated rings. The maximum absolute atomic E-state index is 12.4. The fraction of sp³-hybridized carbons (Fsp3) is 0.588. The summed E-state index contributed by atoms with van der Waals surface area (Å²) in [6.07, 6.45) is 0.792. The number of hydrogen-bond acceptors (Lipinski definition) is 3. The van der Waals surface area contributed by atoms with Gasteiger partial charge < -0.3 is 15.8 Å². The van der Waals surface area contributed by atoms with E-state index in [2.05, 4.69) is 5.32 Å². The second-order valence-electron chi connectivity index (χ2n) is 6.50. The minimum Gasteiger partial charge on any atom is -0.488 e. The van der Waals surface area contributed by atoms with Crippen LogP contribution in [0.3, 0.4) is 0 Å². The summed E-state index contributed by atoms with van der Waals surface area (Å²) in [5.41, 5.74) is 7.00. The fourth-order valence-corrected chi connectivity index (χ4v) is 3.94. The molecular formula is C17H22F2N2O2. The van der Waals surface area contributed by atoms with Crippen molar-refractivity contribution < 1.29 is 18.3 Å². The second kappa shape index (κ2) is 6.83. The summed E-state index contributed by atoms with van der Waals surface area (Å²) < 4.78 is 29.3. The highest BCUT2D eigenvalue weighted by molar-refractivity contribution is 5.80. The van der Waals surface area contributed by atoms with Gasteiger partial charge >= 0.3 is 0 Å². The van der Waals surface area contributed by atoms with Crippen LogP contribution in [0.25, 0.3) is 0 Å². The number of amides is 1. The van der Waals surface area contributed by atoms with E-state index in [1.165, 1.54) is 0 Å². The van der Waals surface area contributed by atoms with Gasteiger partial charge in [0, 0.05) is 12.6 Å². The van der Waals surface area contributed by atoms with Crippen LogP contribution in [-0.4, -0.2) is 25.0 Å². The van der Waals surface area contributed by atoms with Gasteiger partial charge in [-0.15, -0.1) is 0 Å². The molecule has 0 aliphatic heterocycles. The molecule has 3 N–H and O–H groups in total. The van der Waals surface area contributed by atoms with Crippen molar-refractivity contribution in [3.63, 3.8) is 0 Å².